The second-order valence-electron chi connectivity index (χ2n) is 5.25. The third-order valence-electron chi connectivity index (χ3n) is 3.16. The fourth-order valence-corrected chi connectivity index (χ4v) is 2.77. The molecule has 0 aliphatic heterocycles. The second kappa shape index (κ2) is 7.81. The number of ether oxygens (including phenoxy) is 1. The molecule has 0 heterocycles. The molecule has 3 nitrogen and oxygen atoms in total. The normalized spacial score (nSPS) is 11.4. The molecule has 0 aromatic heterocycles. The predicted molar refractivity (Wildman–Crippen MR) is 89.8 cm³/mol. The van der Waals surface area contributed by atoms with Crippen LogP contribution in [0.2, 0.25) is 5.02 Å². The zero-order valence-electron chi connectivity index (χ0n) is 12.5. The lowest BCUT2D eigenvalue weighted by Gasteiger charge is -2.30. The SMILES string of the molecule is CC(C)N(CCOc1cccc(Cl)c1C(N)=S)C(C)C. The van der Waals surface area contributed by atoms with Crippen molar-refractivity contribution in [3.63, 3.8) is 0 Å². The molecular formula is C15H23ClN2OS. The van der Waals surface area contributed by atoms with Gasteiger partial charge in [0.2, 0.25) is 0 Å². The van der Waals surface area contributed by atoms with E-state index in [1.54, 1.807) is 6.07 Å². The molecule has 0 amide bonds. The number of halogens is 1. The van der Waals surface area contributed by atoms with Crippen LogP contribution in [0.25, 0.3) is 0 Å². The Morgan fingerprint density at radius 3 is 2.40 bits per heavy atom. The molecule has 0 saturated heterocycles. The molecule has 0 atom stereocenters. The van der Waals surface area contributed by atoms with Gasteiger partial charge in [-0.1, -0.05) is 29.9 Å². The highest BCUT2D eigenvalue weighted by molar-refractivity contribution is 7.80. The summed E-state index contributed by atoms with van der Waals surface area (Å²) in [6.45, 7) is 10.1. The zero-order chi connectivity index (χ0) is 15.3. The Kier molecular flexibility index (Phi) is 6.72. The number of benzene rings is 1. The molecule has 20 heavy (non-hydrogen) atoms. The third kappa shape index (κ3) is 4.62. The van der Waals surface area contributed by atoms with Gasteiger partial charge < -0.3 is 10.5 Å². The zero-order valence-corrected chi connectivity index (χ0v) is 14.1. The van der Waals surface area contributed by atoms with Crippen LogP contribution in [0.5, 0.6) is 5.75 Å². The second-order valence-corrected chi connectivity index (χ2v) is 6.10. The van der Waals surface area contributed by atoms with E-state index in [-0.39, 0.29) is 4.99 Å². The number of rotatable bonds is 7. The molecule has 1 rings (SSSR count). The van der Waals surface area contributed by atoms with Gasteiger partial charge in [-0.2, -0.15) is 0 Å². The number of nitrogens with zero attached hydrogens (tertiary/aromatic N) is 1. The summed E-state index contributed by atoms with van der Waals surface area (Å²) in [5.41, 5.74) is 6.32. The molecule has 0 radical (unpaired) electrons. The first kappa shape index (κ1) is 17.2. The summed E-state index contributed by atoms with van der Waals surface area (Å²) in [6, 6.07) is 6.40. The van der Waals surface area contributed by atoms with Gasteiger partial charge >= 0.3 is 0 Å². The van der Waals surface area contributed by atoms with E-state index in [0.717, 1.165) is 6.54 Å². The van der Waals surface area contributed by atoms with Gasteiger partial charge in [0.15, 0.2) is 0 Å². The number of thiocarbonyl (C=S) groups is 1. The lowest BCUT2D eigenvalue weighted by Crippen LogP contribution is -2.39. The Labute approximate surface area is 132 Å². The minimum Gasteiger partial charge on any atom is -0.491 e. The monoisotopic (exact) mass is 314 g/mol. The van der Waals surface area contributed by atoms with E-state index in [1.807, 2.05) is 12.1 Å². The Bertz CT molecular complexity index is 455. The van der Waals surface area contributed by atoms with E-state index in [2.05, 4.69) is 32.6 Å². The van der Waals surface area contributed by atoms with Crippen LogP contribution in [0.1, 0.15) is 33.3 Å². The van der Waals surface area contributed by atoms with Crippen LogP contribution in [-0.4, -0.2) is 35.1 Å². The lowest BCUT2D eigenvalue weighted by molar-refractivity contribution is 0.142. The predicted octanol–water partition coefficient (Wildman–Crippen LogP) is 3.47. The largest absolute Gasteiger partial charge is 0.491 e. The topological polar surface area (TPSA) is 38.5 Å². The Hall–Kier alpha value is -0.840. The van der Waals surface area contributed by atoms with Crippen LogP contribution in [-0.2, 0) is 0 Å². The highest BCUT2D eigenvalue weighted by Gasteiger charge is 2.15. The van der Waals surface area contributed by atoms with Crippen LogP contribution < -0.4 is 10.5 Å². The number of nitrogens with two attached hydrogens (primary N) is 1. The standard InChI is InChI=1S/C15H23ClN2OS/c1-10(2)18(11(3)4)8-9-19-13-7-5-6-12(16)14(13)15(17)20/h5-7,10-11H,8-9H2,1-4H3,(H2,17,20). The molecule has 112 valence electrons. The first-order valence-electron chi connectivity index (χ1n) is 6.81. The molecule has 0 saturated carbocycles. The highest BCUT2D eigenvalue weighted by atomic mass is 35.5. The molecule has 0 aliphatic carbocycles. The summed E-state index contributed by atoms with van der Waals surface area (Å²) in [5.74, 6) is 0.650. The van der Waals surface area contributed by atoms with E-state index >= 15 is 0 Å². The maximum absolute atomic E-state index is 6.11. The molecule has 0 unspecified atom stereocenters. The first-order chi connectivity index (χ1) is 9.34. The third-order valence-corrected chi connectivity index (χ3v) is 3.67. The van der Waals surface area contributed by atoms with Gasteiger partial charge in [-0.05, 0) is 39.8 Å². The summed E-state index contributed by atoms with van der Waals surface area (Å²) in [6.07, 6.45) is 0. The summed E-state index contributed by atoms with van der Waals surface area (Å²) in [5, 5.41) is 0.527. The Morgan fingerprint density at radius 2 is 1.90 bits per heavy atom. The van der Waals surface area contributed by atoms with Gasteiger partial charge in [0.25, 0.3) is 0 Å². The van der Waals surface area contributed by atoms with Crippen LogP contribution in [0.4, 0.5) is 0 Å². The average Bonchev–Trinajstić information content (AvgIpc) is 2.33. The van der Waals surface area contributed by atoms with E-state index in [0.29, 0.717) is 35.0 Å². The van der Waals surface area contributed by atoms with Crippen molar-refractivity contribution >= 4 is 28.8 Å². The Balaban J connectivity index is 2.71. The van der Waals surface area contributed by atoms with Gasteiger partial charge in [-0.15, -0.1) is 0 Å². The van der Waals surface area contributed by atoms with Crippen molar-refractivity contribution in [2.75, 3.05) is 13.2 Å². The van der Waals surface area contributed by atoms with Gasteiger partial charge in [-0.3, -0.25) is 4.90 Å². The number of hydrogen-bond donors (Lipinski definition) is 1. The van der Waals surface area contributed by atoms with Crippen LogP contribution >= 0.6 is 23.8 Å². The fraction of sp³-hybridized carbons (Fsp3) is 0.533. The van der Waals surface area contributed by atoms with E-state index in [1.165, 1.54) is 0 Å². The smallest absolute Gasteiger partial charge is 0.131 e. The molecule has 1 aromatic carbocycles. The van der Waals surface area contributed by atoms with Crippen molar-refractivity contribution in [1.29, 1.82) is 0 Å². The van der Waals surface area contributed by atoms with Crippen molar-refractivity contribution in [2.45, 2.75) is 39.8 Å². The van der Waals surface area contributed by atoms with E-state index in [9.17, 15) is 0 Å². The molecule has 0 bridgehead atoms. The molecule has 0 fully saturated rings. The minimum atomic E-state index is 0.259. The molecule has 0 spiro atoms. The van der Waals surface area contributed by atoms with Gasteiger partial charge in [0.1, 0.15) is 17.3 Å². The summed E-state index contributed by atoms with van der Waals surface area (Å²) in [4.78, 5) is 2.63. The minimum absolute atomic E-state index is 0.259. The van der Waals surface area contributed by atoms with Crippen LogP contribution in [0, 0.1) is 0 Å². The van der Waals surface area contributed by atoms with Crippen molar-refractivity contribution < 1.29 is 4.74 Å². The first-order valence-corrected chi connectivity index (χ1v) is 7.60. The molecule has 2 N–H and O–H groups in total. The maximum Gasteiger partial charge on any atom is 0.131 e. The van der Waals surface area contributed by atoms with Crippen molar-refractivity contribution in [3.8, 4) is 5.75 Å². The molecule has 5 heteroatoms. The van der Waals surface area contributed by atoms with Crippen LogP contribution in [0.3, 0.4) is 0 Å². The molecular weight excluding hydrogens is 292 g/mol. The van der Waals surface area contributed by atoms with Crippen LogP contribution in [0.15, 0.2) is 18.2 Å². The van der Waals surface area contributed by atoms with Crippen molar-refractivity contribution in [2.24, 2.45) is 5.73 Å². The van der Waals surface area contributed by atoms with Crippen molar-refractivity contribution in [1.82, 2.24) is 4.90 Å². The van der Waals surface area contributed by atoms with Gasteiger partial charge in [0.05, 0.1) is 10.6 Å². The summed E-state index contributed by atoms with van der Waals surface area (Å²) >= 11 is 11.1. The number of hydrogen-bond acceptors (Lipinski definition) is 3. The fourth-order valence-electron chi connectivity index (χ4n) is 2.24. The maximum atomic E-state index is 6.11. The summed E-state index contributed by atoms with van der Waals surface area (Å²) in [7, 11) is 0. The molecule has 1 aromatic rings. The highest BCUT2D eigenvalue weighted by Crippen LogP contribution is 2.26. The average molecular weight is 315 g/mol. The lowest BCUT2D eigenvalue weighted by atomic mass is 10.2. The van der Waals surface area contributed by atoms with Crippen molar-refractivity contribution in [3.05, 3.63) is 28.8 Å². The van der Waals surface area contributed by atoms with Gasteiger partial charge in [0, 0.05) is 18.6 Å². The quantitative estimate of drug-likeness (QED) is 0.782. The Morgan fingerprint density at radius 1 is 1.30 bits per heavy atom. The van der Waals surface area contributed by atoms with E-state index < -0.39 is 0 Å². The molecule has 0 aliphatic rings. The van der Waals surface area contributed by atoms with E-state index in [4.69, 9.17) is 34.3 Å². The summed E-state index contributed by atoms with van der Waals surface area (Å²) < 4.78 is 5.82. The van der Waals surface area contributed by atoms with Gasteiger partial charge in [-0.25, -0.2) is 0 Å².